The maximum atomic E-state index is 5.57. The second-order valence-electron chi connectivity index (χ2n) is 3.32. The molecule has 0 aromatic carbocycles. The summed E-state index contributed by atoms with van der Waals surface area (Å²) in [5, 5.41) is 0. The van der Waals surface area contributed by atoms with Crippen molar-refractivity contribution in [2.75, 3.05) is 0 Å². The molecular formula is C10H13N5. The molecule has 5 heteroatoms. The van der Waals surface area contributed by atoms with Crippen molar-refractivity contribution in [3.05, 3.63) is 35.8 Å². The van der Waals surface area contributed by atoms with Gasteiger partial charge in [0.2, 0.25) is 0 Å². The molecule has 0 unspecified atom stereocenters. The Hall–Kier alpha value is -1.75. The molecule has 0 bridgehead atoms. The third-order valence-corrected chi connectivity index (χ3v) is 2.33. The Kier molecular flexibility index (Phi) is 2.47. The summed E-state index contributed by atoms with van der Waals surface area (Å²) >= 11 is 0. The molecule has 0 aliphatic rings. The van der Waals surface area contributed by atoms with Gasteiger partial charge in [0, 0.05) is 12.4 Å². The Morgan fingerprint density at radius 1 is 1.27 bits per heavy atom. The van der Waals surface area contributed by atoms with E-state index < -0.39 is 0 Å². The van der Waals surface area contributed by atoms with E-state index in [0.29, 0.717) is 6.54 Å². The maximum Gasteiger partial charge on any atom is 0.156 e. The van der Waals surface area contributed by atoms with Crippen molar-refractivity contribution in [2.24, 2.45) is 5.73 Å². The second-order valence-corrected chi connectivity index (χ2v) is 3.32. The topological polar surface area (TPSA) is 69.6 Å². The summed E-state index contributed by atoms with van der Waals surface area (Å²) in [6.07, 6.45) is 5.27. The summed E-state index contributed by atoms with van der Waals surface area (Å²) in [5.41, 5.74) is 7.43. The molecule has 0 saturated carbocycles. The lowest BCUT2D eigenvalue weighted by atomic mass is 10.3. The number of rotatable bonds is 2. The highest BCUT2D eigenvalue weighted by atomic mass is 15.1. The molecule has 2 N–H and O–H groups in total. The van der Waals surface area contributed by atoms with E-state index >= 15 is 0 Å². The number of hydrogen-bond donors (Lipinski definition) is 1. The van der Waals surface area contributed by atoms with Gasteiger partial charge in [-0.2, -0.15) is 0 Å². The van der Waals surface area contributed by atoms with Crippen LogP contribution in [-0.2, 0) is 6.54 Å². The van der Waals surface area contributed by atoms with Crippen molar-refractivity contribution in [3.8, 4) is 5.82 Å². The van der Waals surface area contributed by atoms with Gasteiger partial charge in [0.15, 0.2) is 5.82 Å². The van der Waals surface area contributed by atoms with Crippen LogP contribution in [0.3, 0.4) is 0 Å². The third-order valence-electron chi connectivity index (χ3n) is 2.33. The van der Waals surface area contributed by atoms with Gasteiger partial charge in [0.05, 0.1) is 24.1 Å². The van der Waals surface area contributed by atoms with Gasteiger partial charge in [-0.15, -0.1) is 0 Å². The standard InChI is InChI=1S/C10H13N5/c1-7-8(2)14-10(6-13-7)15-4-3-12-9(15)5-11/h3-4,6H,5,11H2,1-2H3. The van der Waals surface area contributed by atoms with Gasteiger partial charge in [-0.3, -0.25) is 9.55 Å². The highest BCUT2D eigenvalue weighted by Crippen LogP contribution is 2.08. The first kappa shape index (κ1) is 9.79. The minimum absolute atomic E-state index is 0.390. The Balaban J connectivity index is 2.50. The zero-order valence-corrected chi connectivity index (χ0v) is 8.81. The van der Waals surface area contributed by atoms with Crippen molar-refractivity contribution in [2.45, 2.75) is 20.4 Å². The summed E-state index contributed by atoms with van der Waals surface area (Å²) in [7, 11) is 0. The Morgan fingerprint density at radius 2 is 2.07 bits per heavy atom. The lowest BCUT2D eigenvalue weighted by Gasteiger charge is -2.06. The first-order valence-corrected chi connectivity index (χ1v) is 4.75. The average Bonchev–Trinajstić information content (AvgIpc) is 2.70. The van der Waals surface area contributed by atoms with E-state index in [2.05, 4.69) is 15.0 Å². The van der Waals surface area contributed by atoms with Crippen molar-refractivity contribution < 1.29 is 0 Å². The predicted molar refractivity (Wildman–Crippen MR) is 56.5 cm³/mol. The van der Waals surface area contributed by atoms with E-state index in [1.54, 1.807) is 12.4 Å². The number of nitrogens with zero attached hydrogens (tertiary/aromatic N) is 4. The zero-order valence-electron chi connectivity index (χ0n) is 8.81. The van der Waals surface area contributed by atoms with Gasteiger partial charge in [-0.1, -0.05) is 0 Å². The molecule has 0 amide bonds. The fourth-order valence-corrected chi connectivity index (χ4v) is 1.34. The fourth-order valence-electron chi connectivity index (χ4n) is 1.34. The van der Waals surface area contributed by atoms with Gasteiger partial charge < -0.3 is 5.73 Å². The van der Waals surface area contributed by atoms with Gasteiger partial charge in [0.25, 0.3) is 0 Å². The molecule has 0 saturated heterocycles. The SMILES string of the molecule is Cc1ncc(-n2ccnc2CN)nc1C. The molecule has 78 valence electrons. The second kappa shape index (κ2) is 3.78. The number of nitrogens with two attached hydrogens (primary N) is 1. The monoisotopic (exact) mass is 203 g/mol. The zero-order chi connectivity index (χ0) is 10.8. The van der Waals surface area contributed by atoms with Crippen LogP contribution >= 0.6 is 0 Å². The number of aryl methyl sites for hydroxylation is 2. The molecule has 5 nitrogen and oxygen atoms in total. The molecule has 0 fully saturated rings. The molecule has 0 atom stereocenters. The summed E-state index contributed by atoms with van der Waals surface area (Å²) in [4.78, 5) is 12.8. The molecule has 0 aliphatic heterocycles. The summed E-state index contributed by atoms with van der Waals surface area (Å²) in [6, 6.07) is 0. The van der Waals surface area contributed by atoms with Crippen LogP contribution in [0.5, 0.6) is 0 Å². The Morgan fingerprint density at radius 3 is 2.73 bits per heavy atom. The molecule has 0 spiro atoms. The minimum Gasteiger partial charge on any atom is -0.324 e. The summed E-state index contributed by atoms with van der Waals surface area (Å²) < 4.78 is 1.85. The van der Waals surface area contributed by atoms with Crippen LogP contribution in [0.1, 0.15) is 17.2 Å². The first-order valence-electron chi connectivity index (χ1n) is 4.75. The number of hydrogen-bond acceptors (Lipinski definition) is 4. The Bertz CT molecular complexity index is 474. The molecule has 2 heterocycles. The number of aromatic nitrogens is 4. The van der Waals surface area contributed by atoms with Crippen molar-refractivity contribution in [1.29, 1.82) is 0 Å². The summed E-state index contributed by atoms with van der Waals surface area (Å²) in [6.45, 7) is 4.26. The number of imidazole rings is 1. The predicted octanol–water partition coefficient (Wildman–Crippen LogP) is 0.738. The average molecular weight is 203 g/mol. The quantitative estimate of drug-likeness (QED) is 0.781. The van der Waals surface area contributed by atoms with Crippen LogP contribution in [0.4, 0.5) is 0 Å². The van der Waals surface area contributed by atoms with Gasteiger partial charge in [-0.05, 0) is 13.8 Å². The normalized spacial score (nSPS) is 10.6. The van der Waals surface area contributed by atoms with Gasteiger partial charge in [0.1, 0.15) is 5.82 Å². The largest absolute Gasteiger partial charge is 0.324 e. The smallest absolute Gasteiger partial charge is 0.156 e. The van der Waals surface area contributed by atoms with Crippen molar-refractivity contribution >= 4 is 0 Å². The molecule has 2 rings (SSSR count). The molecule has 2 aromatic rings. The highest BCUT2D eigenvalue weighted by Gasteiger charge is 2.05. The van der Waals surface area contributed by atoms with Crippen LogP contribution in [0.15, 0.2) is 18.6 Å². The van der Waals surface area contributed by atoms with Crippen LogP contribution < -0.4 is 5.73 Å². The molecule has 0 aliphatic carbocycles. The molecule has 2 aromatic heterocycles. The van der Waals surface area contributed by atoms with E-state index in [-0.39, 0.29) is 0 Å². The molecular weight excluding hydrogens is 190 g/mol. The van der Waals surface area contributed by atoms with E-state index in [4.69, 9.17) is 5.73 Å². The van der Waals surface area contributed by atoms with Crippen LogP contribution in [-0.4, -0.2) is 19.5 Å². The van der Waals surface area contributed by atoms with Crippen molar-refractivity contribution in [1.82, 2.24) is 19.5 Å². The fraction of sp³-hybridized carbons (Fsp3) is 0.300. The van der Waals surface area contributed by atoms with Crippen LogP contribution in [0.25, 0.3) is 5.82 Å². The van der Waals surface area contributed by atoms with E-state index in [1.807, 2.05) is 24.6 Å². The Labute approximate surface area is 88.0 Å². The third kappa shape index (κ3) is 1.73. The maximum absolute atomic E-state index is 5.57. The van der Waals surface area contributed by atoms with Crippen LogP contribution in [0.2, 0.25) is 0 Å². The van der Waals surface area contributed by atoms with Crippen molar-refractivity contribution in [3.63, 3.8) is 0 Å². The lowest BCUT2D eigenvalue weighted by Crippen LogP contribution is -2.08. The molecule has 0 radical (unpaired) electrons. The van der Waals surface area contributed by atoms with Gasteiger partial charge in [-0.25, -0.2) is 9.97 Å². The van der Waals surface area contributed by atoms with E-state index in [0.717, 1.165) is 23.0 Å². The van der Waals surface area contributed by atoms with E-state index in [1.165, 1.54) is 0 Å². The van der Waals surface area contributed by atoms with Gasteiger partial charge >= 0.3 is 0 Å². The first-order chi connectivity index (χ1) is 7.22. The van der Waals surface area contributed by atoms with Crippen LogP contribution in [0, 0.1) is 13.8 Å². The minimum atomic E-state index is 0.390. The lowest BCUT2D eigenvalue weighted by molar-refractivity contribution is 0.832. The molecule has 15 heavy (non-hydrogen) atoms. The summed E-state index contributed by atoms with van der Waals surface area (Å²) in [5.74, 6) is 1.55. The van der Waals surface area contributed by atoms with E-state index in [9.17, 15) is 0 Å². The highest BCUT2D eigenvalue weighted by molar-refractivity contribution is 5.24.